The number of hydrogen-bond donors (Lipinski definition) is 3. The number of piperidine rings is 1. The third-order valence-corrected chi connectivity index (χ3v) is 5.48. The SMILES string of the molecule is CCNC(=NCc1ccc(O)cc1)NC1CCN(Cc2ccc(Br)cc2)CC1. The minimum Gasteiger partial charge on any atom is -0.508 e. The van der Waals surface area contributed by atoms with Crippen molar-refractivity contribution in [3.8, 4) is 5.75 Å². The average Bonchev–Trinajstić information content (AvgIpc) is 2.71. The van der Waals surface area contributed by atoms with Crippen LogP contribution in [0.1, 0.15) is 30.9 Å². The van der Waals surface area contributed by atoms with Crippen molar-refractivity contribution in [2.24, 2.45) is 4.99 Å². The molecule has 0 aromatic heterocycles. The Morgan fingerprint density at radius 2 is 1.71 bits per heavy atom. The minimum absolute atomic E-state index is 0.285. The Morgan fingerprint density at radius 1 is 1.07 bits per heavy atom. The van der Waals surface area contributed by atoms with E-state index in [9.17, 15) is 5.11 Å². The number of likely N-dealkylation sites (tertiary alicyclic amines) is 1. The molecule has 2 aromatic rings. The molecule has 28 heavy (non-hydrogen) atoms. The number of phenols is 1. The van der Waals surface area contributed by atoms with Gasteiger partial charge in [0.15, 0.2) is 5.96 Å². The van der Waals surface area contributed by atoms with Gasteiger partial charge in [-0.15, -0.1) is 0 Å². The molecule has 3 rings (SSSR count). The van der Waals surface area contributed by atoms with E-state index in [0.29, 0.717) is 12.6 Å². The molecular formula is C22H29BrN4O. The molecule has 0 atom stereocenters. The van der Waals surface area contributed by atoms with Gasteiger partial charge in [0.25, 0.3) is 0 Å². The highest BCUT2D eigenvalue weighted by molar-refractivity contribution is 9.10. The van der Waals surface area contributed by atoms with Gasteiger partial charge in [-0.1, -0.05) is 40.2 Å². The molecule has 0 radical (unpaired) electrons. The number of nitrogens with zero attached hydrogens (tertiary/aromatic N) is 2. The van der Waals surface area contributed by atoms with Crippen molar-refractivity contribution in [2.75, 3.05) is 19.6 Å². The highest BCUT2D eigenvalue weighted by Crippen LogP contribution is 2.16. The van der Waals surface area contributed by atoms with Gasteiger partial charge in [0.1, 0.15) is 5.75 Å². The molecule has 1 saturated heterocycles. The number of benzene rings is 2. The van der Waals surface area contributed by atoms with Gasteiger partial charge in [-0.2, -0.15) is 0 Å². The molecule has 1 aliphatic heterocycles. The third-order valence-electron chi connectivity index (χ3n) is 4.95. The van der Waals surface area contributed by atoms with Gasteiger partial charge in [0, 0.05) is 36.7 Å². The van der Waals surface area contributed by atoms with Crippen molar-refractivity contribution in [1.29, 1.82) is 0 Å². The summed E-state index contributed by atoms with van der Waals surface area (Å²) >= 11 is 3.49. The van der Waals surface area contributed by atoms with Gasteiger partial charge < -0.3 is 15.7 Å². The molecule has 3 N–H and O–H groups in total. The Labute approximate surface area is 176 Å². The summed E-state index contributed by atoms with van der Waals surface area (Å²) in [5, 5.41) is 16.3. The van der Waals surface area contributed by atoms with E-state index in [4.69, 9.17) is 4.99 Å². The first-order chi connectivity index (χ1) is 13.6. The molecule has 1 fully saturated rings. The molecule has 0 aliphatic carbocycles. The summed E-state index contributed by atoms with van der Waals surface area (Å²) in [5.41, 5.74) is 2.44. The van der Waals surface area contributed by atoms with Crippen molar-refractivity contribution >= 4 is 21.9 Å². The number of aromatic hydroxyl groups is 1. The molecule has 5 nitrogen and oxygen atoms in total. The first-order valence-electron chi connectivity index (χ1n) is 9.92. The number of rotatable bonds is 6. The summed E-state index contributed by atoms with van der Waals surface area (Å²) in [5.74, 6) is 1.15. The fraction of sp³-hybridized carbons (Fsp3) is 0.409. The van der Waals surface area contributed by atoms with Crippen LogP contribution in [-0.4, -0.2) is 41.6 Å². The summed E-state index contributed by atoms with van der Waals surface area (Å²) in [4.78, 5) is 7.21. The first kappa shape index (κ1) is 20.7. The Bertz CT molecular complexity index is 753. The van der Waals surface area contributed by atoms with Crippen molar-refractivity contribution in [2.45, 2.75) is 38.9 Å². The van der Waals surface area contributed by atoms with E-state index in [1.807, 2.05) is 12.1 Å². The van der Waals surface area contributed by atoms with E-state index in [0.717, 1.165) is 55.0 Å². The quantitative estimate of drug-likeness (QED) is 0.467. The largest absolute Gasteiger partial charge is 0.508 e. The fourth-order valence-electron chi connectivity index (χ4n) is 3.37. The van der Waals surface area contributed by atoms with Crippen molar-refractivity contribution < 1.29 is 5.11 Å². The van der Waals surface area contributed by atoms with Crippen LogP contribution < -0.4 is 10.6 Å². The van der Waals surface area contributed by atoms with Crippen LogP contribution in [0.15, 0.2) is 58.0 Å². The van der Waals surface area contributed by atoms with Crippen LogP contribution in [0.2, 0.25) is 0 Å². The minimum atomic E-state index is 0.285. The zero-order valence-electron chi connectivity index (χ0n) is 16.4. The Balaban J connectivity index is 1.48. The van der Waals surface area contributed by atoms with Gasteiger partial charge >= 0.3 is 0 Å². The Morgan fingerprint density at radius 3 is 2.36 bits per heavy atom. The van der Waals surface area contributed by atoms with Gasteiger partial charge in [-0.3, -0.25) is 4.90 Å². The standard InChI is InChI=1S/C22H29BrN4O/c1-2-24-22(25-15-17-5-9-21(28)10-6-17)26-20-11-13-27(14-12-20)16-18-3-7-19(23)8-4-18/h3-10,20,28H,2,11-16H2,1H3,(H2,24,25,26). The van der Waals surface area contributed by atoms with Crippen LogP contribution in [0.25, 0.3) is 0 Å². The van der Waals surface area contributed by atoms with Gasteiger partial charge in [0.2, 0.25) is 0 Å². The number of phenolic OH excluding ortho intramolecular Hbond substituents is 1. The van der Waals surface area contributed by atoms with E-state index < -0.39 is 0 Å². The lowest BCUT2D eigenvalue weighted by Gasteiger charge is -2.33. The second-order valence-electron chi connectivity index (χ2n) is 7.18. The molecule has 2 aromatic carbocycles. The topological polar surface area (TPSA) is 59.9 Å². The van der Waals surface area contributed by atoms with Crippen LogP contribution in [0.3, 0.4) is 0 Å². The van der Waals surface area contributed by atoms with Crippen LogP contribution >= 0.6 is 15.9 Å². The molecule has 0 spiro atoms. The Hall–Kier alpha value is -2.05. The maximum absolute atomic E-state index is 9.39. The van der Waals surface area contributed by atoms with Crippen molar-refractivity contribution in [3.05, 3.63) is 64.1 Å². The molecule has 0 saturated carbocycles. The monoisotopic (exact) mass is 444 g/mol. The number of halogens is 1. The highest BCUT2D eigenvalue weighted by atomic mass is 79.9. The van der Waals surface area contributed by atoms with E-state index in [-0.39, 0.29) is 5.75 Å². The highest BCUT2D eigenvalue weighted by Gasteiger charge is 2.20. The molecule has 0 bridgehead atoms. The van der Waals surface area contributed by atoms with Crippen LogP contribution in [0.4, 0.5) is 0 Å². The van der Waals surface area contributed by atoms with Crippen molar-refractivity contribution in [3.63, 3.8) is 0 Å². The van der Waals surface area contributed by atoms with E-state index in [2.05, 4.69) is 62.7 Å². The molecular weight excluding hydrogens is 416 g/mol. The zero-order valence-corrected chi connectivity index (χ0v) is 18.0. The molecule has 1 aliphatic rings. The van der Waals surface area contributed by atoms with E-state index in [1.165, 1.54) is 5.56 Å². The summed E-state index contributed by atoms with van der Waals surface area (Å²) in [6, 6.07) is 16.2. The zero-order chi connectivity index (χ0) is 19.8. The summed E-state index contributed by atoms with van der Waals surface area (Å²) in [6.45, 7) is 6.70. The third kappa shape index (κ3) is 6.53. The second kappa shape index (κ2) is 10.5. The lowest BCUT2D eigenvalue weighted by atomic mass is 10.0. The maximum Gasteiger partial charge on any atom is 0.191 e. The fourth-order valence-corrected chi connectivity index (χ4v) is 3.63. The van der Waals surface area contributed by atoms with Crippen LogP contribution in [0, 0.1) is 0 Å². The van der Waals surface area contributed by atoms with E-state index >= 15 is 0 Å². The Kier molecular flexibility index (Phi) is 7.74. The van der Waals surface area contributed by atoms with Gasteiger partial charge in [0.05, 0.1) is 6.54 Å². The number of hydrogen-bond acceptors (Lipinski definition) is 3. The van der Waals surface area contributed by atoms with Gasteiger partial charge in [-0.05, 0) is 55.2 Å². The second-order valence-corrected chi connectivity index (χ2v) is 8.10. The van der Waals surface area contributed by atoms with Crippen LogP contribution in [0.5, 0.6) is 5.75 Å². The first-order valence-corrected chi connectivity index (χ1v) is 10.7. The predicted molar refractivity (Wildman–Crippen MR) is 118 cm³/mol. The lowest BCUT2D eigenvalue weighted by molar-refractivity contribution is 0.198. The maximum atomic E-state index is 9.39. The molecule has 0 unspecified atom stereocenters. The number of nitrogens with one attached hydrogen (secondary N) is 2. The number of aliphatic imine (C=N–C) groups is 1. The molecule has 150 valence electrons. The lowest BCUT2D eigenvalue weighted by Crippen LogP contribution is -2.48. The smallest absolute Gasteiger partial charge is 0.191 e. The number of guanidine groups is 1. The molecule has 1 heterocycles. The van der Waals surface area contributed by atoms with Gasteiger partial charge in [-0.25, -0.2) is 4.99 Å². The predicted octanol–water partition coefficient (Wildman–Crippen LogP) is 3.87. The summed E-state index contributed by atoms with van der Waals surface area (Å²) < 4.78 is 1.13. The average molecular weight is 445 g/mol. The molecule has 0 amide bonds. The van der Waals surface area contributed by atoms with Crippen LogP contribution in [-0.2, 0) is 13.1 Å². The summed E-state index contributed by atoms with van der Waals surface area (Å²) in [7, 11) is 0. The summed E-state index contributed by atoms with van der Waals surface area (Å²) in [6.07, 6.45) is 2.22. The van der Waals surface area contributed by atoms with E-state index in [1.54, 1.807) is 12.1 Å². The normalized spacial score (nSPS) is 16.1. The molecule has 6 heteroatoms. The van der Waals surface area contributed by atoms with Crippen molar-refractivity contribution in [1.82, 2.24) is 15.5 Å².